The van der Waals surface area contributed by atoms with Crippen LogP contribution in [0.25, 0.3) is 0 Å². The molecule has 180 valence electrons. The van der Waals surface area contributed by atoms with Crippen molar-refractivity contribution in [3.8, 4) is 6.07 Å². The molecule has 4 N–H and O–H groups in total. The summed E-state index contributed by atoms with van der Waals surface area (Å²) in [6.45, 7) is 3.97. The first kappa shape index (κ1) is 35.3. The third kappa shape index (κ3) is 12.6. The van der Waals surface area contributed by atoms with Crippen LogP contribution < -0.4 is 0 Å². The second-order valence-corrected chi connectivity index (χ2v) is 7.10. The van der Waals surface area contributed by atoms with E-state index in [9.17, 15) is 13.9 Å². The van der Waals surface area contributed by atoms with Gasteiger partial charge in [0.15, 0.2) is 12.2 Å². The van der Waals surface area contributed by atoms with Gasteiger partial charge in [0.05, 0.1) is 21.6 Å². The van der Waals surface area contributed by atoms with Gasteiger partial charge in [0.1, 0.15) is 11.6 Å². The zero-order chi connectivity index (χ0) is 23.3. The first-order valence-corrected chi connectivity index (χ1v) is 10.2. The van der Waals surface area contributed by atoms with Gasteiger partial charge in [-0.15, -0.1) is 24.8 Å². The number of nitriles is 1. The highest BCUT2D eigenvalue weighted by atomic mass is 79.9. The average Bonchev–Trinajstić information content (AvgIpc) is 2.72. The van der Waals surface area contributed by atoms with Gasteiger partial charge in [-0.25, -0.2) is 8.78 Å². The van der Waals surface area contributed by atoms with Crippen LogP contribution in [0.2, 0.25) is 0 Å². The molecule has 0 aliphatic carbocycles. The van der Waals surface area contributed by atoms with E-state index in [0.717, 1.165) is 0 Å². The predicted molar refractivity (Wildman–Crippen MR) is 130 cm³/mol. The lowest BCUT2D eigenvalue weighted by Crippen LogP contribution is -2.14. The van der Waals surface area contributed by atoms with Crippen molar-refractivity contribution in [3.05, 3.63) is 68.1 Å². The van der Waals surface area contributed by atoms with E-state index in [0.29, 0.717) is 17.7 Å². The second-order valence-electron chi connectivity index (χ2n) is 5.39. The lowest BCUT2D eigenvalue weighted by atomic mass is 10.1. The van der Waals surface area contributed by atoms with E-state index in [-0.39, 0.29) is 46.3 Å². The summed E-state index contributed by atoms with van der Waals surface area (Å²) < 4.78 is 30.9. The highest BCUT2D eigenvalue weighted by molar-refractivity contribution is 9.10. The molecule has 32 heavy (non-hydrogen) atoms. The molecule has 2 aromatic rings. The molecule has 0 bridgehead atoms. The van der Waals surface area contributed by atoms with Crippen LogP contribution in [0.5, 0.6) is 0 Å². The Morgan fingerprint density at radius 3 is 1.81 bits per heavy atom. The van der Waals surface area contributed by atoms with E-state index in [2.05, 4.69) is 31.9 Å². The number of rotatable bonds is 4. The third-order valence-corrected chi connectivity index (χ3v) is 4.40. The van der Waals surface area contributed by atoms with Crippen molar-refractivity contribution in [2.45, 2.75) is 26.1 Å². The van der Waals surface area contributed by atoms with Gasteiger partial charge in [0.25, 0.3) is 0 Å². The molecule has 0 heterocycles. The lowest BCUT2D eigenvalue weighted by molar-refractivity contribution is 0.190. The normalized spacial score (nSPS) is 10.9. The fraction of sp³-hybridized carbons (Fsp3) is 0.300. The molecule has 2 aromatic carbocycles. The highest BCUT2D eigenvalue weighted by Crippen LogP contribution is 2.22. The summed E-state index contributed by atoms with van der Waals surface area (Å²) in [7, 11) is 0. The predicted octanol–water partition coefficient (Wildman–Crippen LogP) is 5.62. The zero-order valence-corrected chi connectivity index (χ0v) is 21.9. The fourth-order valence-electron chi connectivity index (χ4n) is 1.83. The molecule has 2 atom stereocenters. The summed E-state index contributed by atoms with van der Waals surface area (Å²) in [5.74, 6) is -1.06. The Hall–Kier alpha value is -1.32. The van der Waals surface area contributed by atoms with Crippen molar-refractivity contribution in [1.82, 2.24) is 0 Å². The Kier molecular flexibility index (Phi) is 21.1. The number of ether oxygens (including phenoxy) is 1. The summed E-state index contributed by atoms with van der Waals surface area (Å²) in [6.07, 6.45) is -2.34. The van der Waals surface area contributed by atoms with E-state index in [1.807, 2.05) is 0 Å². The minimum atomic E-state index is -1.19. The molecule has 0 fully saturated rings. The number of benzene rings is 2. The van der Waals surface area contributed by atoms with Crippen molar-refractivity contribution in [3.63, 3.8) is 0 Å². The molecular formula is C20H24Br2Cl2F2N2O4. The molecular weight excluding hydrogens is 601 g/mol. The third-order valence-electron chi connectivity index (χ3n) is 3.19. The maximum atomic E-state index is 12.9. The largest absolute Gasteiger partial charge is 0.479 e. The van der Waals surface area contributed by atoms with E-state index >= 15 is 0 Å². The first-order valence-electron chi connectivity index (χ1n) is 8.60. The van der Waals surface area contributed by atoms with Gasteiger partial charge < -0.3 is 20.1 Å². The van der Waals surface area contributed by atoms with E-state index in [1.54, 1.807) is 19.9 Å². The van der Waals surface area contributed by atoms with Crippen LogP contribution in [0.15, 0.2) is 45.3 Å². The van der Waals surface area contributed by atoms with Crippen molar-refractivity contribution >= 4 is 62.6 Å². The molecule has 0 aromatic heterocycles. The van der Waals surface area contributed by atoms with Crippen molar-refractivity contribution in [2.24, 2.45) is 0 Å². The quantitative estimate of drug-likeness (QED) is 0.200. The Balaban J connectivity index is -0.000000450. The van der Waals surface area contributed by atoms with Gasteiger partial charge in [-0.05, 0) is 81.1 Å². The van der Waals surface area contributed by atoms with Crippen LogP contribution in [-0.2, 0) is 4.74 Å². The van der Waals surface area contributed by atoms with E-state index in [1.165, 1.54) is 36.4 Å². The molecule has 0 spiro atoms. The topological polar surface area (TPSA) is 118 Å². The maximum Gasteiger partial charge on any atom is 0.214 e. The van der Waals surface area contributed by atoms with Crippen LogP contribution in [-0.4, -0.2) is 34.4 Å². The molecule has 2 unspecified atom stereocenters. The summed E-state index contributed by atoms with van der Waals surface area (Å²) in [5, 5.41) is 42.0. The number of hydrogen-bond donors (Lipinski definition) is 4. The van der Waals surface area contributed by atoms with Crippen molar-refractivity contribution < 1.29 is 28.8 Å². The molecule has 0 saturated carbocycles. The van der Waals surface area contributed by atoms with E-state index in [4.69, 9.17) is 25.6 Å². The van der Waals surface area contributed by atoms with Gasteiger partial charge in [0.2, 0.25) is 5.90 Å². The number of halogens is 6. The number of nitrogens with zero attached hydrogens (tertiary/aromatic N) is 1. The standard InChI is InChI=1S/C10H11BrFNO2.C8H5BrFNO.C2H6O.2ClH/c1-2-15-10(13)9(14)6-3-4-8(12)7(11)5-6;9-6-3-5(8(12)4-11)1-2-7(6)10;1-2-3;;/h3-5,9,13-14H,2H2,1H3;1-3,8,12H;3H,2H2,1H3;2*1H. The summed E-state index contributed by atoms with van der Waals surface area (Å²) >= 11 is 5.95. The molecule has 2 rings (SSSR count). The molecule has 12 heteroatoms. The fourth-order valence-corrected chi connectivity index (χ4v) is 2.62. The maximum absolute atomic E-state index is 12.9. The van der Waals surface area contributed by atoms with Gasteiger partial charge in [-0.3, -0.25) is 5.41 Å². The highest BCUT2D eigenvalue weighted by Gasteiger charge is 2.15. The summed E-state index contributed by atoms with van der Waals surface area (Å²) in [6, 6.07) is 9.65. The van der Waals surface area contributed by atoms with Gasteiger partial charge in [-0.1, -0.05) is 12.1 Å². The average molecular weight is 625 g/mol. The van der Waals surface area contributed by atoms with Crippen LogP contribution in [0.3, 0.4) is 0 Å². The number of hydrogen-bond acceptors (Lipinski definition) is 6. The molecule has 0 radical (unpaired) electrons. The van der Waals surface area contributed by atoms with E-state index < -0.39 is 23.8 Å². The van der Waals surface area contributed by atoms with Gasteiger partial charge in [0, 0.05) is 6.61 Å². The zero-order valence-electron chi connectivity index (χ0n) is 17.1. The Morgan fingerprint density at radius 2 is 1.44 bits per heavy atom. The SMILES string of the molecule is CCO.CCOC(=N)C(O)c1ccc(F)c(Br)c1.Cl.Cl.N#CC(O)c1ccc(F)c(Br)c1. The second kappa shape index (κ2) is 19.2. The molecule has 0 aliphatic heterocycles. The minimum absolute atomic E-state index is 0. The minimum Gasteiger partial charge on any atom is -0.479 e. The smallest absolute Gasteiger partial charge is 0.214 e. The summed E-state index contributed by atoms with van der Waals surface area (Å²) in [5.41, 5.74) is 0.799. The Morgan fingerprint density at radius 1 is 1.03 bits per heavy atom. The Labute approximate surface area is 214 Å². The van der Waals surface area contributed by atoms with Crippen LogP contribution in [0.1, 0.15) is 37.2 Å². The lowest BCUT2D eigenvalue weighted by Gasteiger charge is -2.12. The van der Waals surface area contributed by atoms with Crippen molar-refractivity contribution in [2.75, 3.05) is 13.2 Å². The van der Waals surface area contributed by atoms with Crippen LogP contribution >= 0.6 is 56.7 Å². The Bertz CT molecular complexity index is 874. The van der Waals surface area contributed by atoms with Gasteiger partial charge >= 0.3 is 0 Å². The monoisotopic (exact) mass is 622 g/mol. The number of aliphatic hydroxyl groups is 3. The number of nitrogens with one attached hydrogen (secondary N) is 1. The van der Waals surface area contributed by atoms with Crippen molar-refractivity contribution in [1.29, 1.82) is 10.7 Å². The molecule has 0 aliphatic rings. The molecule has 0 saturated heterocycles. The summed E-state index contributed by atoms with van der Waals surface area (Å²) in [4.78, 5) is 0. The van der Waals surface area contributed by atoms with Crippen LogP contribution in [0.4, 0.5) is 8.78 Å². The van der Waals surface area contributed by atoms with Gasteiger partial charge in [-0.2, -0.15) is 5.26 Å². The molecule has 0 amide bonds. The molecule has 6 nitrogen and oxygen atoms in total. The van der Waals surface area contributed by atoms with Crippen LogP contribution in [0, 0.1) is 28.4 Å². The number of aliphatic hydroxyl groups excluding tert-OH is 3. The first-order chi connectivity index (χ1) is 14.1.